The van der Waals surface area contributed by atoms with E-state index in [4.69, 9.17) is 26.1 Å². The quantitative estimate of drug-likeness (QED) is 0.231. The molecule has 0 spiro atoms. The molecule has 0 aliphatic rings. The molecule has 0 bridgehead atoms. The summed E-state index contributed by atoms with van der Waals surface area (Å²) in [5, 5.41) is 8.29. The summed E-state index contributed by atoms with van der Waals surface area (Å²) in [6.45, 7) is 3.76. The number of hydrogen-bond acceptors (Lipinski definition) is 6. The molecular formula is C28H26BrClN4O4. The molecule has 4 rings (SSSR count). The van der Waals surface area contributed by atoms with E-state index in [9.17, 15) is 9.59 Å². The van der Waals surface area contributed by atoms with Crippen molar-refractivity contribution < 1.29 is 14.3 Å². The molecule has 1 N–H and O–H groups in total. The number of halogens is 2. The zero-order valence-electron chi connectivity index (χ0n) is 21.1. The Morgan fingerprint density at radius 1 is 1.21 bits per heavy atom. The Hall–Kier alpha value is -3.69. The van der Waals surface area contributed by atoms with Crippen molar-refractivity contribution in [2.75, 3.05) is 19.0 Å². The Labute approximate surface area is 233 Å². The lowest BCUT2D eigenvalue weighted by molar-refractivity contribution is -0.118. The number of carbonyl (C=O) groups excluding carboxylic acids is 1. The van der Waals surface area contributed by atoms with Gasteiger partial charge < -0.3 is 14.8 Å². The van der Waals surface area contributed by atoms with Gasteiger partial charge in [-0.05, 0) is 61.0 Å². The van der Waals surface area contributed by atoms with Gasteiger partial charge in [0.2, 0.25) is 0 Å². The molecule has 8 nitrogen and oxygen atoms in total. The average Bonchev–Trinajstić information content (AvgIpc) is 2.92. The Morgan fingerprint density at radius 2 is 1.97 bits per heavy atom. The second kappa shape index (κ2) is 12.2. The van der Waals surface area contributed by atoms with Crippen molar-refractivity contribution in [1.29, 1.82) is 0 Å². The molecule has 1 amide bonds. The number of carbonyl (C=O) groups is 1. The number of amides is 1. The molecule has 1 heterocycles. The number of methoxy groups -OCH3 is 1. The van der Waals surface area contributed by atoms with Gasteiger partial charge in [0.1, 0.15) is 5.82 Å². The van der Waals surface area contributed by atoms with E-state index in [0.717, 1.165) is 10.9 Å². The molecule has 0 aliphatic carbocycles. The summed E-state index contributed by atoms with van der Waals surface area (Å²) in [6.07, 6.45) is 2.29. The van der Waals surface area contributed by atoms with E-state index in [1.54, 1.807) is 48.5 Å². The number of nitrogens with zero attached hydrogens (tertiary/aromatic N) is 3. The van der Waals surface area contributed by atoms with Gasteiger partial charge in [0.25, 0.3) is 11.5 Å². The molecule has 10 heteroatoms. The van der Waals surface area contributed by atoms with Gasteiger partial charge in [0.15, 0.2) is 18.1 Å². The van der Waals surface area contributed by atoms with Gasteiger partial charge in [0.05, 0.1) is 24.2 Å². The van der Waals surface area contributed by atoms with Crippen LogP contribution in [0.4, 0.5) is 5.69 Å². The third kappa shape index (κ3) is 6.23. The minimum absolute atomic E-state index is 0.00881. The number of anilines is 1. The van der Waals surface area contributed by atoms with Crippen LogP contribution in [0.5, 0.6) is 11.5 Å². The van der Waals surface area contributed by atoms with Gasteiger partial charge in [-0.15, -0.1) is 0 Å². The standard InChI is InChI=1S/C28H26BrClN4O4/c1-4-17(2)27-33-23-13-8-19(29)14-22(23)28(36)34(27)31-15-18-6-5-7-24(37-3)26(18)38-16-25(35)32-21-11-9-20(30)10-12-21/h5-15,17H,4,16H2,1-3H3,(H,32,35)/t17-/m0/s1. The normalized spacial score (nSPS) is 12.0. The second-order valence-electron chi connectivity index (χ2n) is 8.52. The zero-order chi connectivity index (χ0) is 27.2. The summed E-state index contributed by atoms with van der Waals surface area (Å²) in [7, 11) is 1.51. The van der Waals surface area contributed by atoms with E-state index in [2.05, 4.69) is 26.3 Å². The summed E-state index contributed by atoms with van der Waals surface area (Å²) in [6, 6.07) is 17.4. The number of aromatic nitrogens is 2. The van der Waals surface area contributed by atoms with Crippen LogP contribution in [-0.4, -0.2) is 35.5 Å². The van der Waals surface area contributed by atoms with Crippen LogP contribution in [-0.2, 0) is 4.79 Å². The first kappa shape index (κ1) is 27.3. The van der Waals surface area contributed by atoms with Crippen LogP contribution < -0.4 is 20.3 Å². The first-order valence-corrected chi connectivity index (χ1v) is 13.1. The van der Waals surface area contributed by atoms with E-state index in [-0.39, 0.29) is 24.0 Å². The van der Waals surface area contributed by atoms with Crippen molar-refractivity contribution in [2.45, 2.75) is 26.2 Å². The monoisotopic (exact) mass is 596 g/mol. The molecule has 1 aromatic heterocycles. The lowest BCUT2D eigenvalue weighted by Crippen LogP contribution is -2.24. The highest BCUT2D eigenvalue weighted by Gasteiger charge is 2.17. The minimum atomic E-state index is -0.360. The smallest absolute Gasteiger partial charge is 0.282 e. The van der Waals surface area contributed by atoms with E-state index in [1.807, 2.05) is 26.0 Å². The minimum Gasteiger partial charge on any atom is -0.493 e. The molecule has 0 saturated heterocycles. The maximum atomic E-state index is 13.4. The Balaban J connectivity index is 1.66. The van der Waals surface area contributed by atoms with E-state index >= 15 is 0 Å². The molecule has 38 heavy (non-hydrogen) atoms. The van der Waals surface area contributed by atoms with Crippen LogP contribution in [0.25, 0.3) is 10.9 Å². The van der Waals surface area contributed by atoms with Gasteiger partial charge in [-0.2, -0.15) is 9.78 Å². The maximum absolute atomic E-state index is 13.4. The van der Waals surface area contributed by atoms with Crippen LogP contribution in [0.2, 0.25) is 5.02 Å². The average molecular weight is 598 g/mol. The number of ether oxygens (including phenoxy) is 2. The first-order valence-electron chi connectivity index (χ1n) is 11.9. The fourth-order valence-electron chi connectivity index (χ4n) is 3.72. The number of para-hydroxylation sites is 1. The van der Waals surface area contributed by atoms with Crippen LogP contribution >= 0.6 is 27.5 Å². The lowest BCUT2D eigenvalue weighted by Gasteiger charge is -2.15. The van der Waals surface area contributed by atoms with Crippen molar-refractivity contribution in [2.24, 2.45) is 5.10 Å². The van der Waals surface area contributed by atoms with E-state index in [1.165, 1.54) is 18.0 Å². The van der Waals surface area contributed by atoms with Crippen LogP contribution in [0.1, 0.15) is 37.6 Å². The number of benzene rings is 3. The number of nitrogens with one attached hydrogen (secondary N) is 1. The summed E-state index contributed by atoms with van der Waals surface area (Å²) >= 11 is 9.33. The van der Waals surface area contributed by atoms with Crippen molar-refractivity contribution in [3.8, 4) is 11.5 Å². The Bertz CT molecular complexity index is 1550. The van der Waals surface area contributed by atoms with Crippen molar-refractivity contribution in [3.63, 3.8) is 0 Å². The largest absolute Gasteiger partial charge is 0.493 e. The summed E-state index contributed by atoms with van der Waals surface area (Å²) < 4.78 is 13.4. The summed E-state index contributed by atoms with van der Waals surface area (Å²) in [5.41, 5.74) is 1.45. The molecule has 0 radical (unpaired) electrons. The molecule has 196 valence electrons. The molecule has 0 fully saturated rings. The van der Waals surface area contributed by atoms with Crippen LogP contribution in [0, 0.1) is 0 Å². The lowest BCUT2D eigenvalue weighted by atomic mass is 10.1. The first-order chi connectivity index (χ1) is 18.3. The predicted octanol–water partition coefficient (Wildman–Crippen LogP) is 6.23. The number of fused-ring (bicyclic) bond motifs is 1. The van der Waals surface area contributed by atoms with Gasteiger partial charge in [-0.1, -0.05) is 47.4 Å². The van der Waals surface area contributed by atoms with Crippen molar-refractivity contribution >= 4 is 56.2 Å². The fraction of sp³-hybridized carbons (Fsp3) is 0.214. The third-order valence-electron chi connectivity index (χ3n) is 5.90. The molecule has 4 aromatic rings. The number of rotatable bonds is 9. The molecule has 0 aliphatic heterocycles. The van der Waals surface area contributed by atoms with Crippen molar-refractivity contribution in [1.82, 2.24) is 9.66 Å². The van der Waals surface area contributed by atoms with Crippen molar-refractivity contribution in [3.05, 3.63) is 91.9 Å². The van der Waals surface area contributed by atoms with Gasteiger partial charge in [-0.25, -0.2) is 4.98 Å². The third-order valence-corrected chi connectivity index (χ3v) is 6.65. The summed E-state index contributed by atoms with van der Waals surface area (Å²) in [4.78, 5) is 30.7. The Kier molecular flexibility index (Phi) is 8.81. The summed E-state index contributed by atoms with van der Waals surface area (Å²) in [5.74, 6) is 0.922. The Morgan fingerprint density at radius 3 is 2.68 bits per heavy atom. The molecular weight excluding hydrogens is 572 g/mol. The molecule has 3 aromatic carbocycles. The molecule has 0 unspecified atom stereocenters. The van der Waals surface area contributed by atoms with Gasteiger partial charge >= 0.3 is 0 Å². The van der Waals surface area contributed by atoms with Gasteiger partial charge in [-0.3, -0.25) is 9.59 Å². The highest BCUT2D eigenvalue weighted by molar-refractivity contribution is 9.10. The predicted molar refractivity (Wildman–Crippen MR) is 154 cm³/mol. The number of hydrogen-bond donors (Lipinski definition) is 1. The van der Waals surface area contributed by atoms with E-state index < -0.39 is 0 Å². The molecule has 1 atom stereocenters. The topological polar surface area (TPSA) is 94.8 Å². The highest BCUT2D eigenvalue weighted by Crippen LogP contribution is 2.30. The fourth-order valence-corrected chi connectivity index (χ4v) is 4.20. The van der Waals surface area contributed by atoms with Crippen LogP contribution in [0.3, 0.4) is 0 Å². The van der Waals surface area contributed by atoms with E-state index in [0.29, 0.717) is 44.5 Å². The maximum Gasteiger partial charge on any atom is 0.282 e. The van der Waals surface area contributed by atoms with Crippen LogP contribution in [0.15, 0.2) is 75.0 Å². The highest BCUT2D eigenvalue weighted by atomic mass is 79.9. The van der Waals surface area contributed by atoms with Gasteiger partial charge in [0, 0.05) is 26.7 Å². The zero-order valence-corrected chi connectivity index (χ0v) is 23.4. The molecule has 0 saturated carbocycles. The second-order valence-corrected chi connectivity index (χ2v) is 9.88. The SMILES string of the molecule is CC[C@H](C)c1nc2ccc(Br)cc2c(=O)n1N=Cc1cccc(OC)c1OCC(=O)Nc1ccc(Cl)cc1.